The van der Waals surface area contributed by atoms with Gasteiger partial charge in [-0.2, -0.15) is 11.8 Å². The summed E-state index contributed by atoms with van der Waals surface area (Å²) in [6.07, 6.45) is 2.71. The summed E-state index contributed by atoms with van der Waals surface area (Å²) < 4.78 is 5.38. The molecule has 0 aromatic heterocycles. The van der Waals surface area contributed by atoms with Crippen molar-refractivity contribution in [2.45, 2.75) is 30.3 Å². The molecule has 1 atom stereocenters. The first-order chi connectivity index (χ1) is 12.1. The molecule has 2 saturated heterocycles. The van der Waals surface area contributed by atoms with Crippen molar-refractivity contribution in [2.24, 2.45) is 5.92 Å². The third kappa shape index (κ3) is 5.12. The van der Waals surface area contributed by atoms with Crippen LogP contribution >= 0.6 is 11.8 Å². The lowest BCUT2D eigenvalue weighted by Crippen LogP contribution is -2.33. The van der Waals surface area contributed by atoms with E-state index in [4.69, 9.17) is 9.84 Å². The number of likely N-dealkylation sites (tertiary alicyclic amines) is 1. The number of nitrogens with zero attached hydrogens (tertiary/aromatic N) is 1. The van der Waals surface area contributed by atoms with Crippen LogP contribution in [0.5, 0.6) is 0 Å². The Kier molecular flexibility index (Phi) is 6.20. The minimum atomic E-state index is -0.831. The second-order valence-electron chi connectivity index (χ2n) is 6.52. The molecule has 2 N–H and O–H groups in total. The molecule has 0 bridgehead atoms. The average Bonchev–Trinajstić information content (AvgIpc) is 3.12. The Bertz CT molecular complexity index is 619. The molecule has 1 aromatic rings. The summed E-state index contributed by atoms with van der Waals surface area (Å²) in [6, 6.07) is 7.65. The molecule has 2 fully saturated rings. The van der Waals surface area contributed by atoms with Crippen molar-refractivity contribution in [2.75, 3.05) is 31.6 Å². The van der Waals surface area contributed by atoms with Gasteiger partial charge in [-0.25, -0.2) is 4.79 Å². The van der Waals surface area contributed by atoms with Crippen LogP contribution in [0.25, 0.3) is 0 Å². The van der Waals surface area contributed by atoms with Gasteiger partial charge < -0.3 is 20.1 Å². The standard InChI is InChI=1S/C18H24N2O4S/c21-17(22)14-4-7-20(11-14)18(23)19-15-3-1-2-13(10-15)12-25-16-5-8-24-9-6-16/h1-3,10,14,16H,4-9,11-12H2,(H,19,23)(H,21,22). The number of benzene rings is 1. The largest absolute Gasteiger partial charge is 0.481 e. The van der Waals surface area contributed by atoms with Crippen molar-refractivity contribution in [1.29, 1.82) is 0 Å². The van der Waals surface area contributed by atoms with Gasteiger partial charge in [0.2, 0.25) is 0 Å². The van der Waals surface area contributed by atoms with Gasteiger partial charge in [0.1, 0.15) is 0 Å². The minimum absolute atomic E-state index is 0.224. The first kappa shape index (κ1) is 18.1. The van der Waals surface area contributed by atoms with E-state index in [1.54, 1.807) is 4.90 Å². The Morgan fingerprint density at radius 1 is 1.28 bits per heavy atom. The number of amides is 2. The van der Waals surface area contributed by atoms with E-state index < -0.39 is 11.9 Å². The number of ether oxygens (including phenoxy) is 1. The minimum Gasteiger partial charge on any atom is -0.481 e. The summed E-state index contributed by atoms with van der Waals surface area (Å²) in [5.74, 6) is -0.366. The zero-order chi connectivity index (χ0) is 17.6. The highest BCUT2D eigenvalue weighted by molar-refractivity contribution is 7.99. The van der Waals surface area contributed by atoms with Crippen molar-refractivity contribution in [3.05, 3.63) is 29.8 Å². The molecule has 7 heteroatoms. The van der Waals surface area contributed by atoms with Crippen LogP contribution in [0.15, 0.2) is 24.3 Å². The van der Waals surface area contributed by atoms with Crippen molar-refractivity contribution >= 4 is 29.4 Å². The molecule has 1 aromatic carbocycles. The number of thioether (sulfide) groups is 1. The van der Waals surface area contributed by atoms with E-state index in [-0.39, 0.29) is 12.6 Å². The number of rotatable bonds is 5. The topological polar surface area (TPSA) is 78.9 Å². The van der Waals surface area contributed by atoms with E-state index in [9.17, 15) is 9.59 Å². The van der Waals surface area contributed by atoms with Crippen LogP contribution in [0.2, 0.25) is 0 Å². The van der Waals surface area contributed by atoms with Gasteiger partial charge in [-0.3, -0.25) is 4.79 Å². The number of aliphatic carboxylic acids is 1. The molecule has 0 saturated carbocycles. The van der Waals surface area contributed by atoms with E-state index in [1.807, 2.05) is 30.0 Å². The molecule has 2 amide bonds. The molecule has 25 heavy (non-hydrogen) atoms. The van der Waals surface area contributed by atoms with E-state index in [1.165, 1.54) is 5.56 Å². The predicted octanol–water partition coefficient (Wildman–Crippen LogP) is 3.04. The van der Waals surface area contributed by atoms with Crippen molar-refractivity contribution in [3.8, 4) is 0 Å². The molecule has 2 aliphatic rings. The summed E-state index contributed by atoms with van der Waals surface area (Å²) in [4.78, 5) is 24.9. The Labute approximate surface area is 151 Å². The van der Waals surface area contributed by atoms with E-state index in [0.717, 1.165) is 37.5 Å². The molecular weight excluding hydrogens is 340 g/mol. The normalized spacial score (nSPS) is 21.3. The number of carboxylic acids is 1. The summed E-state index contributed by atoms with van der Waals surface area (Å²) >= 11 is 1.94. The van der Waals surface area contributed by atoms with Crippen LogP contribution in [0, 0.1) is 5.92 Å². The lowest BCUT2D eigenvalue weighted by atomic mass is 10.1. The maximum Gasteiger partial charge on any atom is 0.321 e. The van der Waals surface area contributed by atoms with E-state index in [2.05, 4.69) is 11.4 Å². The summed E-state index contributed by atoms with van der Waals surface area (Å²) in [5, 5.41) is 12.6. The Hall–Kier alpha value is -1.73. The Morgan fingerprint density at radius 3 is 2.80 bits per heavy atom. The monoisotopic (exact) mass is 364 g/mol. The lowest BCUT2D eigenvalue weighted by molar-refractivity contribution is -0.141. The lowest BCUT2D eigenvalue weighted by Gasteiger charge is -2.21. The summed E-state index contributed by atoms with van der Waals surface area (Å²) in [7, 11) is 0. The van der Waals surface area contributed by atoms with Crippen LogP contribution in [-0.2, 0) is 15.3 Å². The molecule has 0 aliphatic carbocycles. The number of carbonyl (C=O) groups is 2. The molecule has 6 nitrogen and oxygen atoms in total. The second-order valence-corrected chi connectivity index (χ2v) is 7.81. The van der Waals surface area contributed by atoms with Gasteiger partial charge in [-0.05, 0) is 37.0 Å². The zero-order valence-electron chi connectivity index (χ0n) is 14.1. The second kappa shape index (κ2) is 8.58. The first-order valence-corrected chi connectivity index (χ1v) is 9.73. The fourth-order valence-corrected chi connectivity index (χ4v) is 4.28. The van der Waals surface area contributed by atoms with Gasteiger partial charge in [0.05, 0.1) is 5.92 Å². The number of hydrogen-bond acceptors (Lipinski definition) is 4. The highest BCUT2D eigenvalue weighted by Crippen LogP contribution is 2.26. The number of urea groups is 1. The van der Waals surface area contributed by atoms with Crippen LogP contribution in [0.4, 0.5) is 10.5 Å². The predicted molar refractivity (Wildman–Crippen MR) is 97.9 cm³/mol. The van der Waals surface area contributed by atoms with Crippen molar-refractivity contribution in [1.82, 2.24) is 4.90 Å². The fraction of sp³-hybridized carbons (Fsp3) is 0.556. The summed E-state index contributed by atoms with van der Waals surface area (Å²) in [6.45, 7) is 2.46. The molecule has 136 valence electrons. The molecule has 0 spiro atoms. The smallest absolute Gasteiger partial charge is 0.321 e. The van der Waals surface area contributed by atoms with Crippen molar-refractivity contribution in [3.63, 3.8) is 0 Å². The average molecular weight is 364 g/mol. The first-order valence-electron chi connectivity index (χ1n) is 8.69. The number of carboxylic acid groups (broad SMARTS) is 1. The van der Waals surface area contributed by atoms with Crippen LogP contribution < -0.4 is 5.32 Å². The van der Waals surface area contributed by atoms with E-state index >= 15 is 0 Å². The van der Waals surface area contributed by atoms with Gasteiger partial charge in [0, 0.05) is 43.0 Å². The molecular formula is C18H24N2O4S. The van der Waals surface area contributed by atoms with Gasteiger partial charge in [-0.1, -0.05) is 12.1 Å². The van der Waals surface area contributed by atoms with Gasteiger partial charge in [0.15, 0.2) is 0 Å². The van der Waals surface area contributed by atoms with Gasteiger partial charge in [0.25, 0.3) is 0 Å². The molecule has 1 unspecified atom stereocenters. The maximum atomic E-state index is 12.3. The Balaban J connectivity index is 1.51. The quantitative estimate of drug-likeness (QED) is 0.840. The Morgan fingerprint density at radius 2 is 2.08 bits per heavy atom. The van der Waals surface area contributed by atoms with Gasteiger partial charge in [-0.15, -0.1) is 0 Å². The van der Waals surface area contributed by atoms with Gasteiger partial charge >= 0.3 is 12.0 Å². The molecule has 2 aliphatic heterocycles. The molecule has 3 rings (SSSR count). The van der Waals surface area contributed by atoms with E-state index in [0.29, 0.717) is 18.2 Å². The SMILES string of the molecule is O=C(O)C1CCN(C(=O)Nc2cccc(CSC3CCOCC3)c2)C1. The third-order valence-electron chi connectivity index (χ3n) is 4.66. The fourth-order valence-electron chi connectivity index (χ4n) is 3.14. The van der Waals surface area contributed by atoms with Crippen LogP contribution in [-0.4, -0.2) is 53.6 Å². The van der Waals surface area contributed by atoms with Crippen LogP contribution in [0.3, 0.4) is 0 Å². The number of nitrogens with one attached hydrogen (secondary N) is 1. The highest BCUT2D eigenvalue weighted by Gasteiger charge is 2.30. The molecule has 0 radical (unpaired) electrons. The maximum absolute atomic E-state index is 12.3. The number of hydrogen-bond donors (Lipinski definition) is 2. The third-order valence-corrected chi connectivity index (χ3v) is 6.10. The molecule has 2 heterocycles. The number of carbonyl (C=O) groups excluding carboxylic acids is 1. The summed E-state index contributed by atoms with van der Waals surface area (Å²) in [5.41, 5.74) is 1.94. The van der Waals surface area contributed by atoms with Crippen LogP contribution in [0.1, 0.15) is 24.8 Å². The number of anilines is 1. The highest BCUT2D eigenvalue weighted by atomic mass is 32.2. The zero-order valence-corrected chi connectivity index (χ0v) is 15.0. The van der Waals surface area contributed by atoms with Crippen molar-refractivity contribution < 1.29 is 19.4 Å².